The van der Waals surface area contributed by atoms with Crippen molar-refractivity contribution in [2.24, 2.45) is 0 Å². The number of hydrogen-bond acceptors (Lipinski definition) is 6. The van der Waals surface area contributed by atoms with Gasteiger partial charge in [-0.05, 0) is 84.2 Å². The van der Waals surface area contributed by atoms with Crippen molar-refractivity contribution in [1.82, 2.24) is 10.7 Å². The van der Waals surface area contributed by atoms with Gasteiger partial charge >= 0.3 is 18.4 Å². The quantitative estimate of drug-likeness (QED) is 0.0808. The normalized spacial score (nSPS) is 11.9. The Balaban J connectivity index is 1.52. The van der Waals surface area contributed by atoms with Crippen LogP contribution < -0.4 is 30.9 Å². The lowest BCUT2D eigenvalue weighted by atomic mass is 9.76. The monoisotopic (exact) mass is 673 g/mol. The summed E-state index contributed by atoms with van der Waals surface area (Å²) >= 11 is 0. The Morgan fingerprint density at radius 1 is 0.851 bits per heavy atom. The van der Waals surface area contributed by atoms with Crippen molar-refractivity contribution < 1.29 is 31.5 Å². The van der Waals surface area contributed by atoms with E-state index in [4.69, 9.17) is 4.74 Å². The lowest BCUT2D eigenvalue weighted by molar-refractivity contribution is -0.131. The van der Waals surface area contributed by atoms with Gasteiger partial charge in [-0.3, -0.25) is 20.4 Å². The first-order chi connectivity index (χ1) is 22.1. The molecule has 0 aliphatic heterocycles. The zero-order chi connectivity index (χ0) is 34.8. The van der Waals surface area contributed by atoms with Crippen LogP contribution in [-0.2, 0) is 25.6 Å². The fourth-order valence-electron chi connectivity index (χ4n) is 4.40. The molecule has 0 aromatic heterocycles. The van der Waals surface area contributed by atoms with Gasteiger partial charge in [0.1, 0.15) is 5.75 Å². The van der Waals surface area contributed by atoms with E-state index in [0.717, 1.165) is 18.6 Å². The molecule has 0 radical (unpaired) electrons. The molecule has 47 heavy (non-hydrogen) atoms. The van der Waals surface area contributed by atoms with Crippen molar-refractivity contribution in [3.05, 3.63) is 77.9 Å². The van der Waals surface area contributed by atoms with Gasteiger partial charge < -0.3 is 15.4 Å². The number of carbonyl (C=O) groups excluding carboxylic acids is 2. The number of alkyl halides is 2. The minimum Gasteiger partial charge on any atom is -0.493 e. The minimum atomic E-state index is -4.03. The molecular formula is C34H45F2N5O5S. The van der Waals surface area contributed by atoms with Crippen LogP contribution in [0.25, 0.3) is 0 Å². The fraction of sp³-hybridized carbons (Fsp3) is 0.412. The van der Waals surface area contributed by atoms with E-state index in [-0.39, 0.29) is 32.8 Å². The van der Waals surface area contributed by atoms with Gasteiger partial charge in [-0.1, -0.05) is 59.7 Å². The Bertz CT molecular complexity index is 1630. The molecule has 0 aliphatic rings. The van der Waals surface area contributed by atoms with Gasteiger partial charge in [-0.15, -0.1) is 0 Å². The van der Waals surface area contributed by atoms with Crippen molar-refractivity contribution in [2.45, 2.75) is 83.0 Å². The highest BCUT2D eigenvalue weighted by molar-refractivity contribution is 7.92. The maximum atomic E-state index is 13.0. The van der Waals surface area contributed by atoms with Crippen LogP contribution in [0.1, 0.15) is 71.9 Å². The van der Waals surface area contributed by atoms with Crippen LogP contribution in [0, 0.1) is 0 Å². The van der Waals surface area contributed by atoms with Crippen LogP contribution in [0.5, 0.6) is 5.75 Å². The molecule has 3 rings (SSSR count). The topological polar surface area (TPSA) is 138 Å². The number of amides is 3. The van der Waals surface area contributed by atoms with Gasteiger partial charge in [-0.25, -0.2) is 13.2 Å². The Morgan fingerprint density at radius 2 is 1.51 bits per heavy atom. The summed E-state index contributed by atoms with van der Waals surface area (Å²) in [5.41, 5.74) is 7.32. The molecule has 3 aromatic rings. The summed E-state index contributed by atoms with van der Waals surface area (Å²) in [4.78, 5) is 23.4. The number of hydrogen-bond donors (Lipinski definition) is 5. The molecule has 0 saturated carbocycles. The van der Waals surface area contributed by atoms with Crippen LogP contribution in [0.15, 0.2) is 71.6 Å². The van der Waals surface area contributed by atoms with Crippen molar-refractivity contribution in [3.63, 3.8) is 0 Å². The largest absolute Gasteiger partial charge is 0.493 e. The zero-order valence-electron chi connectivity index (χ0n) is 27.7. The number of carbonyl (C=O) groups is 2. The number of sulfonamides is 1. The first kappa shape index (κ1) is 37.1. The van der Waals surface area contributed by atoms with Crippen molar-refractivity contribution >= 4 is 39.0 Å². The van der Waals surface area contributed by atoms with Gasteiger partial charge in [0, 0.05) is 23.5 Å². The Hall–Kier alpha value is -4.39. The van der Waals surface area contributed by atoms with Gasteiger partial charge in [0.15, 0.2) is 0 Å². The molecule has 0 fully saturated rings. The summed E-state index contributed by atoms with van der Waals surface area (Å²) < 4.78 is 59.1. The Labute approximate surface area is 276 Å². The Morgan fingerprint density at radius 3 is 2.15 bits per heavy atom. The van der Waals surface area contributed by atoms with Gasteiger partial charge in [0.25, 0.3) is 10.0 Å². The highest BCUT2D eigenvalue weighted by Crippen LogP contribution is 2.38. The predicted molar refractivity (Wildman–Crippen MR) is 182 cm³/mol. The maximum absolute atomic E-state index is 13.0. The van der Waals surface area contributed by atoms with Crippen LogP contribution in [-0.4, -0.2) is 39.9 Å². The van der Waals surface area contributed by atoms with Gasteiger partial charge in [0.05, 0.1) is 17.2 Å². The number of rotatable bonds is 16. The molecule has 13 heteroatoms. The number of anilines is 3. The Kier molecular flexibility index (Phi) is 12.6. The van der Waals surface area contributed by atoms with E-state index >= 15 is 0 Å². The van der Waals surface area contributed by atoms with E-state index < -0.39 is 28.4 Å². The lowest BCUT2D eigenvalue weighted by Crippen LogP contribution is -2.34. The standard InChI is InChI=1S/C34H45F2N5O5S/c1-7-33(3,4)23-13-18-29(28(21-23)34(5,6)8-2)46-20-10-19-37-32(43)38-26-11-9-12-27(22-26)47(44,45)41-25-16-14-24(15-17-25)39-40-31(42)30(35)36/h9,11-18,21-22,30,39,41H,7-8,10,19-20H2,1-6H3,(H,40,42)(H2,37,38,43). The van der Waals surface area contributed by atoms with Crippen LogP contribution >= 0.6 is 0 Å². The maximum Gasteiger partial charge on any atom is 0.319 e. The molecule has 3 aromatic carbocycles. The molecule has 0 heterocycles. The molecule has 10 nitrogen and oxygen atoms in total. The second-order valence-electron chi connectivity index (χ2n) is 12.4. The third-order valence-corrected chi connectivity index (χ3v) is 9.57. The third-order valence-electron chi connectivity index (χ3n) is 8.19. The summed E-state index contributed by atoms with van der Waals surface area (Å²) in [5.74, 6) is -0.654. The highest BCUT2D eigenvalue weighted by atomic mass is 32.2. The predicted octanol–water partition coefficient (Wildman–Crippen LogP) is 7.16. The second kappa shape index (κ2) is 15.9. The van der Waals surface area contributed by atoms with E-state index in [2.05, 4.69) is 74.5 Å². The molecular weight excluding hydrogens is 628 g/mol. The number of urea groups is 1. The molecule has 3 amide bonds. The van der Waals surface area contributed by atoms with E-state index in [0.29, 0.717) is 19.6 Å². The second-order valence-corrected chi connectivity index (χ2v) is 14.1. The number of hydrazine groups is 1. The zero-order valence-corrected chi connectivity index (χ0v) is 28.5. The summed E-state index contributed by atoms with van der Waals surface area (Å²) in [6.45, 7) is 14.0. The number of ether oxygens (including phenoxy) is 1. The highest BCUT2D eigenvalue weighted by Gasteiger charge is 2.26. The fourth-order valence-corrected chi connectivity index (χ4v) is 5.50. The molecule has 5 N–H and O–H groups in total. The van der Waals surface area contributed by atoms with Crippen molar-refractivity contribution in [1.29, 1.82) is 0 Å². The first-order valence-corrected chi connectivity index (χ1v) is 17.0. The number of nitrogens with one attached hydrogen (secondary N) is 5. The summed E-state index contributed by atoms with van der Waals surface area (Å²) in [6, 6.07) is 17.3. The average Bonchev–Trinajstić information content (AvgIpc) is 3.04. The molecule has 0 bridgehead atoms. The molecule has 0 atom stereocenters. The molecule has 0 spiro atoms. The smallest absolute Gasteiger partial charge is 0.319 e. The minimum absolute atomic E-state index is 0.0595. The summed E-state index contributed by atoms with van der Waals surface area (Å²) in [7, 11) is -4.03. The first-order valence-electron chi connectivity index (χ1n) is 15.5. The van der Waals surface area contributed by atoms with E-state index in [1.807, 2.05) is 11.5 Å². The molecule has 256 valence electrons. The summed E-state index contributed by atoms with van der Waals surface area (Å²) in [5, 5.41) is 5.42. The summed E-state index contributed by atoms with van der Waals surface area (Å²) in [6.07, 6.45) is -0.632. The van der Waals surface area contributed by atoms with Gasteiger partial charge in [-0.2, -0.15) is 8.78 Å². The van der Waals surface area contributed by atoms with Crippen molar-refractivity contribution in [3.8, 4) is 5.75 Å². The van der Waals surface area contributed by atoms with E-state index in [1.165, 1.54) is 53.6 Å². The van der Waals surface area contributed by atoms with E-state index in [1.54, 1.807) is 6.07 Å². The molecule has 0 saturated heterocycles. The average molecular weight is 674 g/mol. The van der Waals surface area contributed by atoms with Crippen LogP contribution in [0.4, 0.5) is 30.6 Å². The van der Waals surface area contributed by atoms with Gasteiger partial charge in [0.2, 0.25) is 0 Å². The third kappa shape index (κ3) is 10.6. The van der Waals surface area contributed by atoms with Crippen LogP contribution in [0.3, 0.4) is 0 Å². The number of benzene rings is 3. The van der Waals surface area contributed by atoms with E-state index in [9.17, 15) is 26.8 Å². The lowest BCUT2D eigenvalue weighted by Gasteiger charge is -2.30. The van der Waals surface area contributed by atoms with Crippen LogP contribution in [0.2, 0.25) is 0 Å². The molecule has 0 unspecified atom stereocenters. The molecule has 0 aliphatic carbocycles. The number of halogens is 2. The van der Waals surface area contributed by atoms with Crippen molar-refractivity contribution in [2.75, 3.05) is 28.6 Å². The SMILES string of the molecule is CCC(C)(C)c1ccc(OCCCNC(=O)Nc2cccc(S(=O)(=O)Nc3ccc(NNC(=O)C(F)F)cc3)c2)c(C(C)(C)CC)c1.